The van der Waals surface area contributed by atoms with E-state index in [1.165, 1.54) is 6.07 Å². The van der Waals surface area contributed by atoms with E-state index < -0.39 is 0 Å². The van der Waals surface area contributed by atoms with E-state index in [1.807, 2.05) is 23.7 Å². The average molecular weight is 231 g/mol. The molecule has 1 aromatic heterocycles. The van der Waals surface area contributed by atoms with E-state index in [2.05, 4.69) is 10.4 Å². The van der Waals surface area contributed by atoms with Crippen molar-refractivity contribution < 1.29 is 4.39 Å². The lowest BCUT2D eigenvalue weighted by Gasteiger charge is -2.26. The van der Waals surface area contributed by atoms with Crippen LogP contribution in [-0.4, -0.2) is 16.3 Å². The summed E-state index contributed by atoms with van der Waals surface area (Å²) in [6.07, 6.45) is 0.928. The summed E-state index contributed by atoms with van der Waals surface area (Å²) in [5.74, 6) is 0.828. The Balaban J connectivity index is 2.05. The Morgan fingerprint density at radius 2 is 2.29 bits per heavy atom. The lowest BCUT2D eigenvalue weighted by molar-refractivity contribution is 0.477. The van der Waals surface area contributed by atoms with Gasteiger partial charge in [-0.2, -0.15) is 5.10 Å². The number of hydrogen-bond acceptors (Lipinski definition) is 2. The van der Waals surface area contributed by atoms with Crippen molar-refractivity contribution in [3.63, 3.8) is 0 Å². The molecule has 1 aliphatic heterocycles. The van der Waals surface area contributed by atoms with Gasteiger partial charge in [0.15, 0.2) is 0 Å². The highest BCUT2D eigenvalue weighted by Crippen LogP contribution is 2.29. The van der Waals surface area contributed by atoms with E-state index in [-0.39, 0.29) is 11.9 Å². The molecule has 1 N–H and O–H groups in total. The zero-order valence-electron chi connectivity index (χ0n) is 9.65. The summed E-state index contributed by atoms with van der Waals surface area (Å²) in [7, 11) is 0. The van der Waals surface area contributed by atoms with Gasteiger partial charge in [0.1, 0.15) is 11.6 Å². The van der Waals surface area contributed by atoms with Gasteiger partial charge in [-0.15, -0.1) is 0 Å². The average Bonchev–Trinajstić information content (AvgIpc) is 2.68. The molecule has 3 nitrogen and oxygen atoms in total. The maximum Gasteiger partial charge on any atom is 0.125 e. The maximum absolute atomic E-state index is 13.3. The lowest BCUT2D eigenvalue weighted by Crippen LogP contribution is -2.24. The van der Waals surface area contributed by atoms with Gasteiger partial charge in [0.25, 0.3) is 0 Å². The molecule has 0 radical (unpaired) electrons. The topological polar surface area (TPSA) is 29.9 Å². The van der Waals surface area contributed by atoms with Crippen molar-refractivity contribution >= 4 is 5.82 Å². The number of fused-ring (bicyclic) bond motifs is 1. The fourth-order valence-electron chi connectivity index (χ4n) is 2.37. The summed E-state index contributed by atoms with van der Waals surface area (Å²) in [5, 5.41) is 7.77. The van der Waals surface area contributed by atoms with Gasteiger partial charge in [-0.3, -0.25) is 0 Å². The summed E-state index contributed by atoms with van der Waals surface area (Å²) in [5.41, 5.74) is 1.96. The zero-order valence-corrected chi connectivity index (χ0v) is 9.65. The molecule has 4 heteroatoms. The van der Waals surface area contributed by atoms with Crippen LogP contribution in [0, 0.1) is 12.7 Å². The standard InChI is InChI=1S/C13H14FN3/c1-9-7-13-15-6-5-12(17(13)16-9)10-3-2-4-11(14)8-10/h2-4,7-8,12,15H,5-6H2,1H3. The Kier molecular flexibility index (Phi) is 2.35. The van der Waals surface area contributed by atoms with Crippen LogP contribution < -0.4 is 5.32 Å². The highest BCUT2D eigenvalue weighted by atomic mass is 19.1. The molecule has 0 bridgehead atoms. The lowest BCUT2D eigenvalue weighted by atomic mass is 10.0. The van der Waals surface area contributed by atoms with Crippen molar-refractivity contribution in [2.24, 2.45) is 0 Å². The van der Waals surface area contributed by atoms with Crippen molar-refractivity contribution in [3.8, 4) is 0 Å². The first kappa shape index (κ1) is 10.3. The van der Waals surface area contributed by atoms with Gasteiger partial charge in [-0.1, -0.05) is 12.1 Å². The molecule has 0 saturated heterocycles. The van der Waals surface area contributed by atoms with Crippen molar-refractivity contribution in [3.05, 3.63) is 47.4 Å². The van der Waals surface area contributed by atoms with Crippen LogP contribution in [0.25, 0.3) is 0 Å². The molecule has 0 saturated carbocycles. The Hall–Kier alpha value is -1.84. The fraction of sp³-hybridized carbons (Fsp3) is 0.308. The van der Waals surface area contributed by atoms with E-state index in [9.17, 15) is 4.39 Å². The minimum Gasteiger partial charge on any atom is -0.370 e. The minimum absolute atomic E-state index is 0.135. The molecular formula is C13H14FN3. The number of nitrogens with one attached hydrogen (secondary N) is 1. The first-order chi connectivity index (χ1) is 8.24. The van der Waals surface area contributed by atoms with E-state index in [0.717, 1.165) is 30.0 Å². The number of benzene rings is 1. The van der Waals surface area contributed by atoms with Gasteiger partial charge in [-0.05, 0) is 31.0 Å². The first-order valence-corrected chi connectivity index (χ1v) is 5.79. The van der Waals surface area contributed by atoms with Crippen molar-refractivity contribution in [2.75, 3.05) is 11.9 Å². The van der Waals surface area contributed by atoms with Gasteiger partial charge >= 0.3 is 0 Å². The van der Waals surface area contributed by atoms with Crippen molar-refractivity contribution in [1.82, 2.24) is 9.78 Å². The van der Waals surface area contributed by atoms with Crippen LogP contribution in [0.3, 0.4) is 0 Å². The number of nitrogens with zero attached hydrogens (tertiary/aromatic N) is 2. The van der Waals surface area contributed by atoms with Crippen LogP contribution >= 0.6 is 0 Å². The third-order valence-electron chi connectivity index (χ3n) is 3.11. The predicted octanol–water partition coefficient (Wildman–Crippen LogP) is 2.74. The quantitative estimate of drug-likeness (QED) is 0.817. The Morgan fingerprint density at radius 1 is 1.41 bits per heavy atom. The molecule has 2 heterocycles. The zero-order chi connectivity index (χ0) is 11.8. The van der Waals surface area contributed by atoms with Crippen LogP contribution in [-0.2, 0) is 0 Å². The molecule has 1 atom stereocenters. The third kappa shape index (κ3) is 1.79. The predicted molar refractivity (Wildman–Crippen MR) is 64.6 cm³/mol. The van der Waals surface area contributed by atoms with Gasteiger partial charge in [0.05, 0.1) is 11.7 Å². The maximum atomic E-state index is 13.3. The van der Waals surface area contributed by atoms with E-state index in [1.54, 1.807) is 12.1 Å². The molecule has 2 aromatic rings. The third-order valence-corrected chi connectivity index (χ3v) is 3.11. The minimum atomic E-state index is -0.188. The van der Waals surface area contributed by atoms with E-state index >= 15 is 0 Å². The largest absolute Gasteiger partial charge is 0.370 e. The second kappa shape index (κ2) is 3.87. The second-order valence-corrected chi connectivity index (χ2v) is 4.40. The molecule has 0 fully saturated rings. The number of halogens is 1. The summed E-state index contributed by atoms with van der Waals surface area (Å²) in [4.78, 5) is 0. The summed E-state index contributed by atoms with van der Waals surface area (Å²) >= 11 is 0. The molecule has 1 unspecified atom stereocenters. The molecule has 3 rings (SSSR count). The number of aryl methyl sites for hydroxylation is 1. The number of aromatic nitrogens is 2. The smallest absolute Gasteiger partial charge is 0.125 e. The number of anilines is 1. The molecule has 17 heavy (non-hydrogen) atoms. The van der Waals surface area contributed by atoms with Crippen molar-refractivity contribution in [2.45, 2.75) is 19.4 Å². The summed E-state index contributed by atoms with van der Waals surface area (Å²) in [6, 6.07) is 8.93. The van der Waals surface area contributed by atoms with Gasteiger partial charge in [-0.25, -0.2) is 9.07 Å². The summed E-state index contributed by atoms with van der Waals surface area (Å²) in [6.45, 7) is 2.86. The van der Waals surface area contributed by atoms with E-state index in [0.29, 0.717) is 0 Å². The molecule has 0 spiro atoms. The molecule has 1 aliphatic rings. The van der Waals surface area contributed by atoms with Crippen LogP contribution in [0.1, 0.15) is 23.7 Å². The molecule has 0 amide bonds. The van der Waals surface area contributed by atoms with Gasteiger partial charge in [0, 0.05) is 12.6 Å². The van der Waals surface area contributed by atoms with Crippen LogP contribution in [0.4, 0.5) is 10.2 Å². The van der Waals surface area contributed by atoms with Gasteiger partial charge < -0.3 is 5.32 Å². The molecule has 0 aliphatic carbocycles. The fourth-order valence-corrected chi connectivity index (χ4v) is 2.37. The SMILES string of the molecule is Cc1cc2n(n1)C(c1cccc(F)c1)CCN2. The number of hydrogen-bond donors (Lipinski definition) is 1. The second-order valence-electron chi connectivity index (χ2n) is 4.40. The highest BCUT2D eigenvalue weighted by molar-refractivity contribution is 5.41. The van der Waals surface area contributed by atoms with E-state index in [4.69, 9.17) is 0 Å². The Bertz CT molecular complexity index is 547. The van der Waals surface area contributed by atoms with Crippen LogP contribution in [0.2, 0.25) is 0 Å². The molecular weight excluding hydrogens is 217 g/mol. The van der Waals surface area contributed by atoms with Crippen LogP contribution in [0.15, 0.2) is 30.3 Å². The molecule has 88 valence electrons. The first-order valence-electron chi connectivity index (χ1n) is 5.79. The summed E-state index contributed by atoms with van der Waals surface area (Å²) < 4.78 is 15.2. The Morgan fingerprint density at radius 3 is 3.12 bits per heavy atom. The Labute approximate surface area is 99.3 Å². The monoisotopic (exact) mass is 231 g/mol. The van der Waals surface area contributed by atoms with Crippen LogP contribution in [0.5, 0.6) is 0 Å². The van der Waals surface area contributed by atoms with Gasteiger partial charge in [0.2, 0.25) is 0 Å². The number of rotatable bonds is 1. The normalized spacial score (nSPS) is 18.6. The molecule has 1 aromatic carbocycles. The van der Waals surface area contributed by atoms with Crippen molar-refractivity contribution in [1.29, 1.82) is 0 Å². The highest BCUT2D eigenvalue weighted by Gasteiger charge is 2.22.